The van der Waals surface area contributed by atoms with E-state index in [4.69, 9.17) is 0 Å². The highest BCUT2D eigenvalue weighted by atomic mass is 19.4. The van der Waals surface area contributed by atoms with Crippen LogP contribution in [0.25, 0.3) is 44.5 Å². The third-order valence-corrected chi connectivity index (χ3v) is 5.32. The lowest BCUT2D eigenvalue weighted by Gasteiger charge is -2.11. The first-order valence-corrected chi connectivity index (χ1v) is 9.74. The molecule has 3 nitrogen and oxygen atoms in total. The summed E-state index contributed by atoms with van der Waals surface area (Å²) in [7, 11) is 0. The van der Waals surface area contributed by atoms with Gasteiger partial charge in [0.2, 0.25) is 0 Å². The van der Waals surface area contributed by atoms with Crippen LogP contribution in [0.5, 0.6) is 0 Å². The lowest BCUT2D eigenvalue weighted by Crippen LogP contribution is -2.11. The second-order valence-corrected chi connectivity index (χ2v) is 7.46. The Morgan fingerprint density at radius 1 is 0.758 bits per heavy atom. The van der Waals surface area contributed by atoms with Crippen molar-refractivity contribution in [3.8, 4) is 22.6 Å². The molecule has 2 aromatic heterocycles. The minimum Gasteiger partial charge on any atom is -0.338 e. The van der Waals surface area contributed by atoms with Crippen LogP contribution in [0.15, 0.2) is 72.9 Å². The summed E-state index contributed by atoms with van der Waals surface area (Å²) in [6, 6.07) is 17.5. The molecule has 0 saturated heterocycles. The first-order valence-electron chi connectivity index (χ1n) is 9.74. The van der Waals surface area contributed by atoms with E-state index < -0.39 is 29.0 Å². The number of aromatic amines is 1. The molecule has 0 amide bonds. The van der Waals surface area contributed by atoms with E-state index >= 15 is 0 Å². The molecule has 0 spiro atoms. The number of benzene rings is 3. The smallest absolute Gasteiger partial charge is 0.338 e. The van der Waals surface area contributed by atoms with E-state index in [9.17, 15) is 26.3 Å². The summed E-state index contributed by atoms with van der Waals surface area (Å²) < 4.78 is 79.7. The number of nitrogens with one attached hydrogen (secondary N) is 1. The highest BCUT2D eigenvalue weighted by molar-refractivity contribution is 5.95. The Balaban J connectivity index is 1.60. The molecule has 0 saturated carbocycles. The molecule has 9 heteroatoms. The number of halogens is 6. The Labute approximate surface area is 182 Å². The largest absolute Gasteiger partial charge is 0.418 e. The standard InChI is InChI=1S/C24H13F6N3/c25-23(26,27)15-10-18(24(28,29)30)21-20(11-15)32-22(33-21)14-8-9-19(31-12-14)17-7-3-5-13-4-1-2-6-16(13)17/h1-12H,(H,32,33). The van der Waals surface area contributed by atoms with Gasteiger partial charge in [0.1, 0.15) is 11.3 Å². The van der Waals surface area contributed by atoms with Crippen LogP contribution in [0.2, 0.25) is 0 Å². The molecule has 0 radical (unpaired) electrons. The quantitative estimate of drug-likeness (QED) is 0.279. The van der Waals surface area contributed by atoms with Gasteiger partial charge in [-0.25, -0.2) is 4.98 Å². The fourth-order valence-corrected chi connectivity index (χ4v) is 3.78. The van der Waals surface area contributed by atoms with Crippen LogP contribution in [0.3, 0.4) is 0 Å². The summed E-state index contributed by atoms with van der Waals surface area (Å²) >= 11 is 0. The van der Waals surface area contributed by atoms with E-state index in [1.165, 1.54) is 6.20 Å². The van der Waals surface area contributed by atoms with Crippen LogP contribution < -0.4 is 0 Å². The van der Waals surface area contributed by atoms with Gasteiger partial charge in [0.15, 0.2) is 0 Å². The van der Waals surface area contributed by atoms with Gasteiger partial charge < -0.3 is 4.98 Å². The molecule has 1 N–H and O–H groups in total. The van der Waals surface area contributed by atoms with Crippen molar-refractivity contribution in [3.05, 3.63) is 84.1 Å². The summed E-state index contributed by atoms with van der Waals surface area (Å²) in [5.74, 6) is -0.00760. The fourth-order valence-electron chi connectivity index (χ4n) is 3.78. The predicted octanol–water partition coefficient (Wildman–Crippen LogP) is 7.48. The zero-order valence-electron chi connectivity index (χ0n) is 16.6. The molecule has 2 heterocycles. The van der Waals surface area contributed by atoms with E-state index in [0.717, 1.165) is 16.3 Å². The highest BCUT2D eigenvalue weighted by Gasteiger charge is 2.39. The van der Waals surface area contributed by atoms with Crippen LogP contribution in [0.1, 0.15) is 11.1 Å². The minimum atomic E-state index is -5.00. The average molecular weight is 457 g/mol. The monoisotopic (exact) mass is 457 g/mol. The molecular formula is C24H13F6N3. The van der Waals surface area contributed by atoms with Gasteiger partial charge in [-0.05, 0) is 35.0 Å². The maximum absolute atomic E-state index is 13.4. The van der Waals surface area contributed by atoms with E-state index in [-0.39, 0.29) is 17.4 Å². The first kappa shape index (κ1) is 21.0. The number of fused-ring (bicyclic) bond motifs is 2. The summed E-state index contributed by atoms with van der Waals surface area (Å²) in [4.78, 5) is 10.9. The normalized spacial score (nSPS) is 12.5. The predicted molar refractivity (Wildman–Crippen MR) is 112 cm³/mol. The average Bonchev–Trinajstić information content (AvgIpc) is 3.21. The number of imidazole rings is 1. The van der Waals surface area contributed by atoms with Crippen LogP contribution in [0, 0.1) is 0 Å². The van der Waals surface area contributed by atoms with E-state index in [2.05, 4.69) is 15.0 Å². The number of nitrogens with zero attached hydrogens (tertiary/aromatic N) is 2. The number of pyridine rings is 1. The van der Waals surface area contributed by atoms with Crippen LogP contribution in [0.4, 0.5) is 26.3 Å². The van der Waals surface area contributed by atoms with Crippen molar-refractivity contribution in [1.82, 2.24) is 15.0 Å². The third kappa shape index (κ3) is 3.79. The van der Waals surface area contributed by atoms with E-state index in [1.54, 1.807) is 12.1 Å². The molecular weight excluding hydrogens is 444 g/mol. The van der Waals surface area contributed by atoms with Gasteiger partial charge >= 0.3 is 12.4 Å². The molecule has 166 valence electrons. The van der Waals surface area contributed by atoms with Gasteiger partial charge in [-0.15, -0.1) is 0 Å². The number of H-pyrrole nitrogens is 1. The Morgan fingerprint density at radius 3 is 2.21 bits per heavy atom. The number of hydrogen-bond donors (Lipinski definition) is 1. The van der Waals surface area contributed by atoms with Crippen molar-refractivity contribution in [2.24, 2.45) is 0 Å². The van der Waals surface area contributed by atoms with Crippen molar-refractivity contribution in [1.29, 1.82) is 0 Å². The molecule has 0 unspecified atom stereocenters. The van der Waals surface area contributed by atoms with Crippen molar-refractivity contribution in [2.45, 2.75) is 12.4 Å². The number of alkyl halides is 6. The van der Waals surface area contributed by atoms with Crippen LogP contribution >= 0.6 is 0 Å². The summed E-state index contributed by atoms with van der Waals surface area (Å²) in [5, 5.41) is 2.01. The second-order valence-electron chi connectivity index (χ2n) is 7.46. The molecule has 5 aromatic rings. The van der Waals surface area contributed by atoms with Crippen molar-refractivity contribution < 1.29 is 26.3 Å². The SMILES string of the molecule is FC(F)(F)c1cc(C(F)(F)F)c2nc(-c3ccc(-c4cccc5ccccc45)nc3)[nH]c2c1. The lowest BCUT2D eigenvalue weighted by atomic mass is 10.0. The van der Waals surface area contributed by atoms with Crippen LogP contribution in [-0.2, 0) is 12.4 Å². The van der Waals surface area contributed by atoms with Gasteiger partial charge in [0.05, 0.1) is 22.3 Å². The fraction of sp³-hybridized carbons (Fsp3) is 0.0833. The molecule has 5 rings (SSSR count). The van der Waals surface area contributed by atoms with Crippen molar-refractivity contribution in [2.75, 3.05) is 0 Å². The summed E-state index contributed by atoms with van der Waals surface area (Å²) in [6.45, 7) is 0. The van der Waals surface area contributed by atoms with Gasteiger partial charge in [0, 0.05) is 17.3 Å². The minimum absolute atomic E-state index is 0.00760. The molecule has 0 atom stereocenters. The Morgan fingerprint density at radius 2 is 1.52 bits per heavy atom. The molecule has 0 bridgehead atoms. The highest BCUT2D eigenvalue weighted by Crippen LogP contribution is 2.40. The number of aromatic nitrogens is 3. The lowest BCUT2D eigenvalue weighted by molar-refractivity contribution is -0.142. The first-order chi connectivity index (χ1) is 15.6. The molecule has 0 aliphatic rings. The summed E-state index contributed by atoms with van der Waals surface area (Å²) in [6.07, 6.45) is -8.50. The molecule has 0 aliphatic carbocycles. The van der Waals surface area contributed by atoms with Crippen molar-refractivity contribution >= 4 is 21.8 Å². The van der Waals surface area contributed by atoms with Crippen molar-refractivity contribution in [3.63, 3.8) is 0 Å². The van der Waals surface area contributed by atoms with Gasteiger partial charge in [0.25, 0.3) is 0 Å². The molecule has 0 aliphatic heterocycles. The number of rotatable bonds is 2. The zero-order chi connectivity index (χ0) is 23.4. The Bertz CT molecular complexity index is 1480. The van der Waals surface area contributed by atoms with Gasteiger partial charge in [-0.3, -0.25) is 4.98 Å². The Kier molecular flexibility index (Phi) is 4.66. The maximum atomic E-state index is 13.4. The zero-order valence-corrected chi connectivity index (χ0v) is 16.6. The molecule has 3 aromatic carbocycles. The summed E-state index contributed by atoms with van der Waals surface area (Å²) in [5.41, 5.74) is -1.93. The Hall–Kier alpha value is -3.88. The molecule has 0 fully saturated rings. The number of hydrogen-bond acceptors (Lipinski definition) is 2. The maximum Gasteiger partial charge on any atom is 0.418 e. The van der Waals surface area contributed by atoms with Crippen LogP contribution in [-0.4, -0.2) is 15.0 Å². The molecule has 33 heavy (non-hydrogen) atoms. The van der Waals surface area contributed by atoms with E-state index in [1.807, 2.05) is 42.5 Å². The van der Waals surface area contributed by atoms with Gasteiger partial charge in [-0.1, -0.05) is 42.5 Å². The second kappa shape index (κ2) is 7.33. The van der Waals surface area contributed by atoms with Gasteiger partial charge in [-0.2, -0.15) is 26.3 Å². The van der Waals surface area contributed by atoms with E-state index in [0.29, 0.717) is 17.3 Å². The third-order valence-electron chi connectivity index (χ3n) is 5.32. The topological polar surface area (TPSA) is 41.6 Å².